The van der Waals surface area contributed by atoms with Gasteiger partial charge in [-0.3, -0.25) is 4.79 Å². The highest BCUT2D eigenvalue weighted by Crippen LogP contribution is 2.31. The largest absolute Gasteiger partial charge is 0.490 e. The number of ether oxygens (including phenoxy) is 2. The molecule has 0 unspecified atom stereocenters. The second kappa shape index (κ2) is 9.02. The van der Waals surface area contributed by atoms with E-state index in [0.29, 0.717) is 43.1 Å². The summed E-state index contributed by atoms with van der Waals surface area (Å²) >= 11 is 0. The van der Waals surface area contributed by atoms with Gasteiger partial charge >= 0.3 is 0 Å². The van der Waals surface area contributed by atoms with Crippen LogP contribution in [0.1, 0.15) is 12.5 Å². The van der Waals surface area contributed by atoms with E-state index in [-0.39, 0.29) is 5.91 Å². The lowest BCUT2D eigenvalue weighted by Crippen LogP contribution is -2.48. The zero-order valence-electron chi connectivity index (χ0n) is 17.6. The van der Waals surface area contributed by atoms with E-state index >= 15 is 0 Å². The minimum Gasteiger partial charge on any atom is -0.490 e. The van der Waals surface area contributed by atoms with E-state index in [1.165, 1.54) is 0 Å². The molecule has 1 fully saturated rings. The molecule has 31 heavy (non-hydrogen) atoms. The maximum absolute atomic E-state index is 11.5. The van der Waals surface area contributed by atoms with Crippen molar-refractivity contribution < 1.29 is 14.3 Å². The van der Waals surface area contributed by atoms with Gasteiger partial charge < -0.3 is 19.3 Å². The maximum atomic E-state index is 11.5. The molecule has 0 aromatic carbocycles. The lowest BCUT2D eigenvalue weighted by molar-refractivity contribution is -0.129. The summed E-state index contributed by atoms with van der Waals surface area (Å²) in [6.45, 7) is 5.38. The Morgan fingerprint density at radius 2 is 2.00 bits per heavy atom. The number of carbonyl (C=O) groups excluding carboxylic acids is 1. The molecule has 160 valence electrons. The standard InChI is InChI=1S/C22H24N6O3/c1-16(29)26-5-7-27(8-6-26)21-4-3-17(13-24-21)20-11-19(31-10-9-30-2)15-28-22(20)18(12-23)14-25-28/h3-4,11,13-15H,5-10H2,1-2H3. The molecule has 0 spiro atoms. The van der Waals surface area contributed by atoms with Gasteiger partial charge in [0.05, 0.1) is 30.1 Å². The van der Waals surface area contributed by atoms with E-state index in [2.05, 4.69) is 21.1 Å². The van der Waals surface area contributed by atoms with Crippen molar-refractivity contribution in [3.05, 3.63) is 42.4 Å². The number of rotatable bonds is 6. The number of anilines is 1. The van der Waals surface area contributed by atoms with Crippen molar-refractivity contribution in [1.82, 2.24) is 19.5 Å². The van der Waals surface area contributed by atoms with Crippen LogP contribution < -0.4 is 9.64 Å². The first-order valence-electron chi connectivity index (χ1n) is 10.1. The zero-order chi connectivity index (χ0) is 21.8. The van der Waals surface area contributed by atoms with Crippen molar-refractivity contribution >= 4 is 17.2 Å². The molecule has 0 aliphatic carbocycles. The quantitative estimate of drug-likeness (QED) is 0.563. The highest BCUT2D eigenvalue weighted by atomic mass is 16.5. The van der Waals surface area contributed by atoms with Gasteiger partial charge in [0, 0.05) is 57.5 Å². The number of carbonyl (C=O) groups is 1. The van der Waals surface area contributed by atoms with Crippen molar-refractivity contribution in [2.75, 3.05) is 51.4 Å². The van der Waals surface area contributed by atoms with Crippen LogP contribution in [-0.2, 0) is 9.53 Å². The Bertz CT molecular complexity index is 1110. The molecule has 4 rings (SSSR count). The van der Waals surface area contributed by atoms with E-state index in [1.54, 1.807) is 37.1 Å². The Morgan fingerprint density at radius 3 is 2.65 bits per heavy atom. The fourth-order valence-electron chi connectivity index (χ4n) is 3.70. The summed E-state index contributed by atoms with van der Waals surface area (Å²) in [6, 6.07) is 8.06. The third kappa shape index (κ3) is 4.29. The molecule has 3 aromatic rings. The van der Waals surface area contributed by atoms with Gasteiger partial charge in [-0.05, 0) is 18.2 Å². The summed E-state index contributed by atoms with van der Waals surface area (Å²) in [7, 11) is 1.62. The molecule has 0 radical (unpaired) electrons. The summed E-state index contributed by atoms with van der Waals surface area (Å²) in [5.41, 5.74) is 2.89. The van der Waals surface area contributed by atoms with Crippen molar-refractivity contribution in [2.45, 2.75) is 6.92 Å². The zero-order valence-corrected chi connectivity index (χ0v) is 17.6. The number of fused-ring (bicyclic) bond motifs is 1. The van der Waals surface area contributed by atoms with Crippen LogP contribution in [0.5, 0.6) is 5.75 Å². The molecule has 1 aliphatic rings. The highest BCUT2D eigenvalue weighted by Gasteiger charge is 2.20. The first-order chi connectivity index (χ1) is 15.1. The van der Waals surface area contributed by atoms with Crippen LogP contribution in [-0.4, -0.2) is 71.9 Å². The Kier molecular flexibility index (Phi) is 6.00. The lowest BCUT2D eigenvalue weighted by atomic mass is 10.1. The SMILES string of the molecule is COCCOc1cc(-c2ccc(N3CCN(C(C)=O)CC3)nc2)c2c(C#N)cnn2c1. The third-order valence-corrected chi connectivity index (χ3v) is 5.37. The first kappa shape index (κ1) is 20.6. The van der Waals surface area contributed by atoms with Crippen LogP contribution in [0.3, 0.4) is 0 Å². The number of amides is 1. The summed E-state index contributed by atoms with van der Waals surface area (Å²) in [5.74, 6) is 1.61. The predicted octanol–water partition coefficient (Wildman–Crippen LogP) is 1.96. The molecule has 0 saturated carbocycles. The number of pyridine rings is 2. The van der Waals surface area contributed by atoms with Crippen LogP contribution in [0, 0.1) is 11.3 Å². The number of hydrogen-bond acceptors (Lipinski definition) is 7. The van der Waals surface area contributed by atoms with Crippen molar-refractivity contribution in [2.24, 2.45) is 0 Å². The fraction of sp³-hybridized carbons (Fsp3) is 0.364. The van der Waals surface area contributed by atoms with Gasteiger partial charge in [0.25, 0.3) is 0 Å². The Labute approximate surface area is 180 Å². The van der Waals surface area contributed by atoms with Gasteiger partial charge in [-0.25, -0.2) is 9.50 Å². The highest BCUT2D eigenvalue weighted by molar-refractivity contribution is 5.85. The molecule has 4 heterocycles. The molecule has 0 bridgehead atoms. The fourth-order valence-corrected chi connectivity index (χ4v) is 3.70. The van der Waals surface area contributed by atoms with Gasteiger partial charge in [0.2, 0.25) is 5.91 Å². The second-order valence-electron chi connectivity index (χ2n) is 7.29. The van der Waals surface area contributed by atoms with Crippen molar-refractivity contribution in [3.8, 4) is 22.9 Å². The van der Waals surface area contributed by atoms with E-state index in [1.807, 2.05) is 23.1 Å². The van der Waals surface area contributed by atoms with Crippen LogP contribution in [0.25, 0.3) is 16.6 Å². The van der Waals surface area contributed by atoms with E-state index in [4.69, 9.17) is 9.47 Å². The molecule has 0 atom stereocenters. The van der Waals surface area contributed by atoms with Crippen LogP contribution in [0.4, 0.5) is 5.82 Å². The van der Waals surface area contributed by atoms with Crippen LogP contribution in [0.15, 0.2) is 36.8 Å². The van der Waals surface area contributed by atoms with Crippen LogP contribution in [0.2, 0.25) is 0 Å². The number of hydrogen-bond donors (Lipinski definition) is 0. The number of aromatic nitrogens is 3. The van der Waals surface area contributed by atoms with E-state index < -0.39 is 0 Å². The van der Waals surface area contributed by atoms with Crippen LogP contribution >= 0.6 is 0 Å². The summed E-state index contributed by atoms with van der Waals surface area (Å²) in [5, 5.41) is 13.8. The number of piperazine rings is 1. The average molecular weight is 420 g/mol. The summed E-state index contributed by atoms with van der Waals surface area (Å²) in [6.07, 6.45) is 5.11. The molecule has 9 heteroatoms. The Hall–Kier alpha value is -3.64. The third-order valence-electron chi connectivity index (χ3n) is 5.37. The normalized spacial score (nSPS) is 14.0. The van der Waals surface area contributed by atoms with Gasteiger partial charge in [0.15, 0.2) is 0 Å². The molecule has 1 aliphatic heterocycles. The maximum Gasteiger partial charge on any atom is 0.219 e. The minimum atomic E-state index is 0.105. The van der Waals surface area contributed by atoms with Gasteiger partial charge in [-0.2, -0.15) is 10.4 Å². The molecule has 9 nitrogen and oxygen atoms in total. The van der Waals surface area contributed by atoms with Crippen molar-refractivity contribution in [1.29, 1.82) is 5.26 Å². The Morgan fingerprint density at radius 1 is 1.19 bits per heavy atom. The average Bonchev–Trinajstić information content (AvgIpc) is 3.22. The first-order valence-corrected chi connectivity index (χ1v) is 10.1. The smallest absolute Gasteiger partial charge is 0.219 e. The van der Waals surface area contributed by atoms with Gasteiger partial charge in [0.1, 0.15) is 24.2 Å². The number of nitriles is 1. The molecular formula is C22H24N6O3. The summed E-state index contributed by atoms with van der Waals surface area (Å²) in [4.78, 5) is 20.2. The molecule has 0 N–H and O–H groups in total. The van der Waals surface area contributed by atoms with E-state index in [0.717, 1.165) is 30.0 Å². The Balaban J connectivity index is 1.62. The minimum absolute atomic E-state index is 0.105. The second-order valence-corrected chi connectivity index (χ2v) is 7.29. The van der Waals surface area contributed by atoms with Gasteiger partial charge in [-0.15, -0.1) is 0 Å². The molecule has 1 amide bonds. The number of nitrogens with zero attached hydrogens (tertiary/aromatic N) is 6. The van der Waals surface area contributed by atoms with E-state index in [9.17, 15) is 10.1 Å². The van der Waals surface area contributed by atoms with Crippen molar-refractivity contribution in [3.63, 3.8) is 0 Å². The topological polar surface area (TPSA) is 96.0 Å². The monoisotopic (exact) mass is 420 g/mol. The molecular weight excluding hydrogens is 396 g/mol. The predicted molar refractivity (Wildman–Crippen MR) is 115 cm³/mol. The molecule has 1 saturated heterocycles. The lowest BCUT2D eigenvalue weighted by Gasteiger charge is -2.34. The molecule has 3 aromatic heterocycles. The van der Waals surface area contributed by atoms with Gasteiger partial charge in [-0.1, -0.05) is 0 Å². The summed E-state index contributed by atoms with van der Waals surface area (Å²) < 4.78 is 12.5. The number of methoxy groups -OCH3 is 1.